The van der Waals surface area contributed by atoms with E-state index in [1.165, 1.54) is 0 Å². The van der Waals surface area contributed by atoms with E-state index >= 15 is 0 Å². The quantitative estimate of drug-likeness (QED) is 0.842. The molecule has 0 radical (unpaired) electrons. The largest absolute Gasteiger partial charge is 0.497 e. The molecule has 1 heterocycles. The zero-order valence-corrected chi connectivity index (χ0v) is 11.1. The predicted molar refractivity (Wildman–Crippen MR) is 73.3 cm³/mol. The summed E-state index contributed by atoms with van der Waals surface area (Å²) in [5.41, 5.74) is 9.86. The van der Waals surface area contributed by atoms with E-state index in [9.17, 15) is 0 Å². The fourth-order valence-corrected chi connectivity index (χ4v) is 1.94. The zero-order valence-electron chi connectivity index (χ0n) is 11.1. The van der Waals surface area contributed by atoms with Crippen LogP contribution in [0.5, 0.6) is 5.75 Å². The summed E-state index contributed by atoms with van der Waals surface area (Å²) >= 11 is 0. The number of nitrogen functional groups attached to an aromatic ring is 1. The summed E-state index contributed by atoms with van der Waals surface area (Å²) in [5, 5.41) is 4.59. The average molecular weight is 245 g/mol. The molecule has 0 aliphatic carbocycles. The molecule has 0 saturated carbocycles. The van der Waals surface area contributed by atoms with Crippen molar-refractivity contribution in [3.05, 3.63) is 35.7 Å². The van der Waals surface area contributed by atoms with Crippen molar-refractivity contribution >= 4 is 5.69 Å². The van der Waals surface area contributed by atoms with Gasteiger partial charge in [-0.3, -0.25) is 0 Å². The van der Waals surface area contributed by atoms with Crippen LogP contribution in [0.4, 0.5) is 5.69 Å². The predicted octanol–water partition coefficient (Wildman–Crippen LogP) is 2.59. The molecule has 2 aromatic rings. The van der Waals surface area contributed by atoms with Crippen molar-refractivity contribution in [2.24, 2.45) is 0 Å². The van der Waals surface area contributed by atoms with Gasteiger partial charge < -0.3 is 10.5 Å². The Kier molecular flexibility index (Phi) is 3.55. The summed E-state index contributed by atoms with van der Waals surface area (Å²) in [6.07, 6.45) is 1.84. The van der Waals surface area contributed by atoms with E-state index in [0.717, 1.165) is 35.7 Å². The van der Waals surface area contributed by atoms with Crippen molar-refractivity contribution in [1.82, 2.24) is 9.78 Å². The molecular formula is C14H19N3O. The van der Waals surface area contributed by atoms with Gasteiger partial charge in [0, 0.05) is 11.8 Å². The minimum Gasteiger partial charge on any atom is -0.497 e. The van der Waals surface area contributed by atoms with Gasteiger partial charge in [-0.05, 0) is 31.0 Å². The molecule has 0 saturated heterocycles. The van der Waals surface area contributed by atoms with Gasteiger partial charge in [0.2, 0.25) is 0 Å². The lowest BCUT2D eigenvalue weighted by Gasteiger charge is -2.10. The Bertz CT molecular complexity index is 546. The van der Waals surface area contributed by atoms with Crippen LogP contribution in [-0.2, 0) is 12.8 Å². The molecule has 0 fully saturated rings. The van der Waals surface area contributed by atoms with Crippen molar-refractivity contribution in [1.29, 1.82) is 0 Å². The number of aryl methyl sites for hydroxylation is 2. The summed E-state index contributed by atoms with van der Waals surface area (Å²) < 4.78 is 7.15. The molecule has 4 heteroatoms. The van der Waals surface area contributed by atoms with Crippen molar-refractivity contribution in [3.8, 4) is 11.4 Å². The van der Waals surface area contributed by atoms with Gasteiger partial charge >= 0.3 is 0 Å². The molecule has 18 heavy (non-hydrogen) atoms. The molecule has 4 nitrogen and oxygen atoms in total. The second-order valence-electron chi connectivity index (χ2n) is 4.17. The number of rotatable bonds is 4. The maximum absolute atomic E-state index is 6.03. The fraction of sp³-hybridized carbons (Fsp3) is 0.357. The highest BCUT2D eigenvalue weighted by Crippen LogP contribution is 2.24. The molecular weight excluding hydrogens is 226 g/mol. The van der Waals surface area contributed by atoms with Crippen LogP contribution in [0.1, 0.15) is 25.2 Å². The van der Waals surface area contributed by atoms with Crippen LogP contribution in [0.15, 0.2) is 24.3 Å². The van der Waals surface area contributed by atoms with Gasteiger partial charge in [0.05, 0.1) is 24.2 Å². The summed E-state index contributed by atoms with van der Waals surface area (Å²) in [6.45, 7) is 4.21. The topological polar surface area (TPSA) is 53.1 Å². The van der Waals surface area contributed by atoms with Gasteiger partial charge in [-0.2, -0.15) is 5.10 Å². The third-order valence-corrected chi connectivity index (χ3v) is 3.02. The number of benzene rings is 1. The Morgan fingerprint density at radius 1 is 1.22 bits per heavy atom. The van der Waals surface area contributed by atoms with E-state index in [1.54, 1.807) is 7.11 Å². The molecule has 0 aliphatic heterocycles. The lowest BCUT2D eigenvalue weighted by Crippen LogP contribution is -2.05. The second kappa shape index (κ2) is 5.12. The lowest BCUT2D eigenvalue weighted by atomic mass is 10.2. The SMILES string of the molecule is CCc1cc(CC)n(-c2cc(OC)ccc2N)n1. The second-order valence-corrected chi connectivity index (χ2v) is 4.17. The average Bonchev–Trinajstić information content (AvgIpc) is 2.82. The molecule has 0 aliphatic rings. The minimum absolute atomic E-state index is 0.705. The smallest absolute Gasteiger partial charge is 0.121 e. The van der Waals surface area contributed by atoms with E-state index in [4.69, 9.17) is 10.5 Å². The zero-order chi connectivity index (χ0) is 13.1. The summed E-state index contributed by atoms with van der Waals surface area (Å²) in [7, 11) is 1.65. The van der Waals surface area contributed by atoms with Crippen LogP contribution < -0.4 is 10.5 Å². The Morgan fingerprint density at radius 2 is 2.00 bits per heavy atom. The van der Waals surface area contributed by atoms with Crippen molar-refractivity contribution in [2.45, 2.75) is 26.7 Å². The number of ether oxygens (including phenoxy) is 1. The number of nitrogens with zero attached hydrogens (tertiary/aromatic N) is 2. The van der Waals surface area contributed by atoms with Gasteiger partial charge in [0.15, 0.2) is 0 Å². The van der Waals surface area contributed by atoms with Gasteiger partial charge in [-0.1, -0.05) is 13.8 Å². The van der Waals surface area contributed by atoms with Crippen molar-refractivity contribution in [3.63, 3.8) is 0 Å². The first kappa shape index (κ1) is 12.5. The van der Waals surface area contributed by atoms with Crippen LogP contribution in [-0.4, -0.2) is 16.9 Å². The first-order valence-electron chi connectivity index (χ1n) is 6.21. The number of methoxy groups -OCH3 is 1. The standard InChI is InChI=1S/C14H19N3O/c1-4-10-8-11(5-2)17(16-10)14-9-12(18-3)6-7-13(14)15/h6-9H,4-5,15H2,1-3H3. The molecule has 2 N–H and O–H groups in total. The van der Waals surface area contributed by atoms with Gasteiger partial charge in [-0.15, -0.1) is 0 Å². The van der Waals surface area contributed by atoms with Gasteiger partial charge in [-0.25, -0.2) is 4.68 Å². The van der Waals surface area contributed by atoms with E-state index in [-0.39, 0.29) is 0 Å². The van der Waals surface area contributed by atoms with E-state index in [0.29, 0.717) is 5.69 Å². The molecule has 1 aromatic heterocycles. The van der Waals surface area contributed by atoms with Crippen molar-refractivity contribution in [2.75, 3.05) is 12.8 Å². The van der Waals surface area contributed by atoms with Crippen LogP contribution in [0.2, 0.25) is 0 Å². The Hall–Kier alpha value is -1.97. The monoisotopic (exact) mass is 245 g/mol. The van der Waals surface area contributed by atoms with E-state index in [1.807, 2.05) is 22.9 Å². The molecule has 2 rings (SSSR count). The third-order valence-electron chi connectivity index (χ3n) is 3.02. The van der Waals surface area contributed by atoms with Crippen LogP contribution in [0.3, 0.4) is 0 Å². The highest BCUT2D eigenvalue weighted by Gasteiger charge is 2.10. The molecule has 0 unspecified atom stereocenters. The molecule has 0 bridgehead atoms. The number of hydrogen-bond acceptors (Lipinski definition) is 3. The first-order valence-corrected chi connectivity index (χ1v) is 6.21. The first-order chi connectivity index (χ1) is 8.69. The molecule has 1 aromatic carbocycles. The van der Waals surface area contributed by atoms with E-state index in [2.05, 4.69) is 25.0 Å². The number of anilines is 1. The minimum atomic E-state index is 0.705. The lowest BCUT2D eigenvalue weighted by molar-refractivity contribution is 0.414. The van der Waals surface area contributed by atoms with E-state index < -0.39 is 0 Å². The highest BCUT2D eigenvalue weighted by atomic mass is 16.5. The molecule has 96 valence electrons. The van der Waals surface area contributed by atoms with Gasteiger partial charge in [0.1, 0.15) is 5.75 Å². The number of hydrogen-bond donors (Lipinski definition) is 1. The Labute approximate surface area is 107 Å². The molecule has 0 amide bonds. The summed E-state index contributed by atoms with van der Waals surface area (Å²) in [4.78, 5) is 0. The van der Waals surface area contributed by atoms with Crippen LogP contribution in [0, 0.1) is 0 Å². The van der Waals surface area contributed by atoms with Gasteiger partial charge in [0.25, 0.3) is 0 Å². The van der Waals surface area contributed by atoms with Crippen molar-refractivity contribution < 1.29 is 4.74 Å². The number of aromatic nitrogens is 2. The Morgan fingerprint density at radius 3 is 2.61 bits per heavy atom. The fourth-order valence-electron chi connectivity index (χ4n) is 1.94. The molecule has 0 atom stereocenters. The Balaban J connectivity index is 2.56. The maximum atomic E-state index is 6.03. The van der Waals surface area contributed by atoms with Crippen LogP contribution in [0.25, 0.3) is 5.69 Å². The summed E-state index contributed by atoms with van der Waals surface area (Å²) in [5.74, 6) is 0.787. The normalized spacial score (nSPS) is 10.6. The maximum Gasteiger partial charge on any atom is 0.121 e. The number of nitrogens with two attached hydrogens (primary N) is 1. The third kappa shape index (κ3) is 2.18. The van der Waals surface area contributed by atoms with Crippen LogP contribution >= 0.6 is 0 Å². The highest BCUT2D eigenvalue weighted by molar-refractivity contribution is 5.60. The summed E-state index contributed by atoms with van der Waals surface area (Å²) in [6, 6.07) is 7.75. The molecule has 0 spiro atoms.